The van der Waals surface area contributed by atoms with E-state index in [1.54, 1.807) is 12.1 Å². The molecule has 1 amide bonds. The van der Waals surface area contributed by atoms with E-state index < -0.39 is 22.0 Å². The van der Waals surface area contributed by atoms with Crippen LogP contribution in [0.15, 0.2) is 82.1 Å². The average molecular weight is 481 g/mol. The van der Waals surface area contributed by atoms with Crippen LogP contribution in [0.5, 0.6) is 0 Å². The first kappa shape index (κ1) is 23.5. The lowest BCUT2D eigenvalue weighted by Crippen LogP contribution is -2.41. The first-order valence-corrected chi connectivity index (χ1v) is 12.3. The zero-order valence-electron chi connectivity index (χ0n) is 18.2. The van der Waals surface area contributed by atoms with Gasteiger partial charge in [-0.15, -0.1) is 0 Å². The fourth-order valence-corrected chi connectivity index (χ4v) is 4.96. The van der Waals surface area contributed by atoms with Crippen molar-refractivity contribution in [1.82, 2.24) is 10.0 Å². The molecule has 0 radical (unpaired) electrons. The van der Waals surface area contributed by atoms with Gasteiger partial charge in [0, 0.05) is 23.7 Å². The van der Waals surface area contributed by atoms with Gasteiger partial charge in [-0.3, -0.25) is 9.59 Å². The number of sulfonamides is 1. The Morgan fingerprint density at radius 2 is 1.62 bits per heavy atom. The zero-order valence-corrected chi connectivity index (χ0v) is 19.0. The maximum absolute atomic E-state index is 12.9. The fraction of sp³-hybridized carbons (Fsp3) is 0.200. The smallest absolute Gasteiger partial charge is 0.321 e. The maximum atomic E-state index is 12.9. The Morgan fingerprint density at radius 3 is 2.38 bits per heavy atom. The van der Waals surface area contributed by atoms with E-state index in [-0.39, 0.29) is 23.6 Å². The Balaban J connectivity index is 1.40. The number of amides is 1. The number of benzene rings is 3. The van der Waals surface area contributed by atoms with Crippen LogP contribution < -0.4 is 10.0 Å². The molecular weight excluding hydrogens is 456 g/mol. The largest absolute Gasteiger partial charge is 0.480 e. The molecule has 0 saturated heterocycles. The van der Waals surface area contributed by atoms with Crippen LogP contribution in [-0.4, -0.2) is 38.0 Å². The summed E-state index contributed by atoms with van der Waals surface area (Å²) in [5, 5.41) is 13.6. The summed E-state index contributed by atoms with van der Waals surface area (Å²) in [7, 11) is -4.15. The van der Waals surface area contributed by atoms with Crippen molar-refractivity contribution >= 4 is 43.8 Å². The molecule has 1 atom stereocenters. The molecule has 1 heterocycles. The molecule has 0 bridgehead atoms. The second-order valence-electron chi connectivity index (χ2n) is 7.89. The van der Waals surface area contributed by atoms with Crippen molar-refractivity contribution in [2.45, 2.75) is 30.2 Å². The molecule has 4 rings (SSSR count). The number of rotatable bonds is 10. The standard InChI is InChI=1S/C25H24N2O6S/c28-24(26-15-14-17-6-2-1-3-7-17)13-11-21(25(29)30)27-34(31,32)18-10-12-23-20(16-18)19-8-4-5-9-22(19)33-23/h1-10,12,16,21,27H,11,13-15H2,(H,26,28)(H,29,30). The van der Waals surface area contributed by atoms with Crippen LogP contribution in [0, 0.1) is 0 Å². The van der Waals surface area contributed by atoms with Gasteiger partial charge in [-0.05, 0) is 42.7 Å². The number of carbonyl (C=O) groups excluding carboxylic acids is 1. The van der Waals surface area contributed by atoms with Gasteiger partial charge in [0.05, 0.1) is 4.90 Å². The van der Waals surface area contributed by atoms with Crippen molar-refractivity contribution in [1.29, 1.82) is 0 Å². The minimum absolute atomic E-state index is 0.0786. The third-order valence-corrected chi connectivity index (χ3v) is 6.96. The van der Waals surface area contributed by atoms with Crippen molar-refractivity contribution < 1.29 is 27.5 Å². The SMILES string of the molecule is O=C(CCC(NS(=O)(=O)c1ccc2oc3ccccc3c2c1)C(=O)O)NCCc1ccccc1. The molecule has 0 aliphatic heterocycles. The van der Waals surface area contributed by atoms with E-state index in [0.29, 0.717) is 29.5 Å². The van der Waals surface area contributed by atoms with E-state index in [0.717, 1.165) is 10.9 Å². The second kappa shape index (κ2) is 10.1. The van der Waals surface area contributed by atoms with Crippen LogP contribution in [0.25, 0.3) is 21.9 Å². The third-order valence-electron chi connectivity index (χ3n) is 5.49. The number of hydrogen-bond acceptors (Lipinski definition) is 5. The molecule has 9 heteroatoms. The highest BCUT2D eigenvalue weighted by molar-refractivity contribution is 7.89. The van der Waals surface area contributed by atoms with Crippen LogP contribution in [0.2, 0.25) is 0 Å². The topological polar surface area (TPSA) is 126 Å². The van der Waals surface area contributed by atoms with Crippen molar-refractivity contribution in [2.75, 3.05) is 6.54 Å². The number of para-hydroxylation sites is 1. The summed E-state index contributed by atoms with van der Waals surface area (Å²) in [6.07, 6.45) is 0.342. The first-order valence-electron chi connectivity index (χ1n) is 10.8. The Kier molecular flexibility index (Phi) is 6.95. The van der Waals surface area contributed by atoms with E-state index in [4.69, 9.17) is 4.42 Å². The van der Waals surface area contributed by atoms with Gasteiger partial charge in [0.2, 0.25) is 15.9 Å². The van der Waals surface area contributed by atoms with Crippen LogP contribution in [0.1, 0.15) is 18.4 Å². The van der Waals surface area contributed by atoms with Crippen LogP contribution in [0.4, 0.5) is 0 Å². The highest BCUT2D eigenvalue weighted by atomic mass is 32.2. The van der Waals surface area contributed by atoms with E-state index in [9.17, 15) is 23.1 Å². The third kappa shape index (κ3) is 5.44. The van der Waals surface area contributed by atoms with E-state index in [1.165, 1.54) is 12.1 Å². The van der Waals surface area contributed by atoms with E-state index >= 15 is 0 Å². The molecule has 8 nitrogen and oxygen atoms in total. The van der Waals surface area contributed by atoms with Crippen molar-refractivity contribution in [2.24, 2.45) is 0 Å². The van der Waals surface area contributed by atoms with Gasteiger partial charge < -0.3 is 14.8 Å². The lowest BCUT2D eigenvalue weighted by Gasteiger charge is -2.15. The number of carbonyl (C=O) groups is 2. The summed E-state index contributed by atoms with van der Waals surface area (Å²) in [5.74, 6) is -1.69. The van der Waals surface area contributed by atoms with Gasteiger partial charge in [0.25, 0.3) is 0 Å². The summed E-state index contributed by atoms with van der Waals surface area (Å²) in [6, 6.07) is 19.8. The lowest BCUT2D eigenvalue weighted by atomic mass is 10.1. The monoisotopic (exact) mass is 480 g/mol. The van der Waals surface area contributed by atoms with Gasteiger partial charge in [-0.25, -0.2) is 8.42 Å². The Morgan fingerprint density at radius 1 is 0.912 bits per heavy atom. The normalized spacial score (nSPS) is 12.6. The summed E-state index contributed by atoms with van der Waals surface area (Å²) in [6.45, 7) is 0.408. The van der Waals surface area contributed by atoms with Gasteiger partial charge in [-0.2, -0.15) is 4.72 Å². The van der Waals surface area contributed by atoms with Gasteiger partial charge in [0.15, 0.2) is 0 Å². The zero-order chi connectivity index (χ0) is 24.1. The number of aliphatic carboxylic acids is 1. The van der Waals surface area contributed by atoms with Crippen LogP contribution in [0.3, 0.4) is 0 Å². The van der Waals surface area contributed by atoms with Crippen molar-refractivity contribution in [3.8, 4) is 0 Å². The molecule has 4 aromatic rings. The molecule has 0 aliphatic carbocycles. The minimum Gasteiger partial charge on any atom is -0.480 e. The highest BCUT2D eigenvalue weighted by Gasteiger charge is 2.26. The van der Waals surface area contributed by atoms with Gasteiger partial charge >= 0.3 is 5.97 Å². The van der Waals surface area contributed by atoms with Crippen molar-refractivity contribution in [3.63, 3.8) is 0 Å². The summed E-state index contributed by atoms with van der Waals surface area (Å²) < 4.78 is 33.8. The lowest BCUT2D eigenvalue weighted by molar-refractivity contribution is -0.139. The summed E-state index contributed by atoms with van der Waals surface area (Å²) >= 11 is 0. The molecule has 1 unspecified atom stereocenters. The van der Waals surface area contributed by atoms with Gasteiger partial charge in [-0.1, -0.05) is 48.5 Å². The molecule has 3 N–H and O–H groups in total. The molecule has 1 aromatic heterocycles. The Bertz CT molecular complexity index is 1430. The molecular formula is C25H24N2O6S. The first-order chi connectivity index (χ1) is 16.3. The Hall–Kier alpha value is -3.69. The molecule has 3 aromatic carbocycles. The average Bonchev–Trinajstić information content (AvgIpc) is 3.20. The maximum Gasteiger partial charge on any atom is 0.321 e. The molecule has 34 heavy (non-hydrogen) atoms. The minimum atomic E-state index is -4.15. The van der Waals surface area contributed by atoms with E-state index in [1.807, 2.05) is 48.5 Å². The van der Waals surface area contributed by atoms with Crippen LogP contribution in [-0.2, 0) is 26.0 Å². The molecule has 0 saturated carbocycles. The quantitative estimate of drug-likeness (QED) is 0.319. The highest BCUT2D eigenvalue weighted by Crippen LogP contribution is 2.30. The second-order valence-corrected chi connectivity index (χ2v) is 9.61. The molecule has 0 spiro atoms. The molecule has 0 aliphatic rings. The Labute approximate surface area is 196 Å². The molecule has 176 valence electrons. The fourth-order valence-electron chi connectivity index (χ4n) is 3.72. The number of nitrogens with one attached hydrogen (secondary N) is 2. The number of carboxylic acids is 1. The predicted octanol–water partition coefficient (Wildman–Crippen LogP) is 3.46. The summed E-state index contributed by atoms with van der Waals surface area (Å²) in [5.41, 5.74) is 2.23. The predicted molar refractivity (Wildman–Crippen MR) is 128 cm³/mol. The van der Waals surface area contributed by atoms with Gasteiger partial charge in [0.1, 0.15) is 17.2 Å². The summed E-state index contributed by atoms with van der Waals surface area (Å²) in [4.78, 5) is 23.8. The number of hydrogen-bond donors (Lipinski definition) is 3. The number of fused-ring (bicyclic) bond motifs is 3. The number of furan rings is 1. The van der Waals surface area contributed by atoms with Crippen LogP contribution >= 0.6 is 0 Å². The van der Waals surface area contributed by atoms with E-state index in [2.05, 4.69) is 10.0 Å². The number of carboxylic acid groups (broad SMARTS) is 1. The van der Waals surface area contributed by atoms with Crippen molar-refractivity contribution in [3.05, 3.63) is 78.4 Å². The molecule has 0 fully saturated rings.